The topological polar surface area (TPSA) is 32.3 Å². The van der Waals surface area contributed by atoms with E-state index in [1.165, 1.54) is 51.4 Å². The van der Waals surface area contributed by atoms with E-state index in [1.807, 2.05) is 7.05 Å². The molecule has 2 aliphatic rings. The lowest BCUT2D eigenvalue weighted by molar-refractivity contribution is -0.132. The third-order valence-electron chi connectivity index (χ3n) is 5.19. The molecule has 1 aliphatic heterocycles. The quantitative estimate of drug-likeness (QED) is 0.810. The van der Waals surface area contributed by atoms with Crippen molar-refractivity contribution >= 4 is 5.91 Å². The van der Waals surface area contributed by atoms with Crippen LogP contribution < -0.4 is 5.32 Å². The average Bonchev–Trinajstić information content (AvgIpc) is 2.49. The van der Waals surface area contributed by atoms with Gasteiger partial charge in [0.15, 0.2) is 0 Å². The number of amides is 1. The summed E-state index contributed by atoms with van der Waals surface area (Å²) >= 11 is 0. The van der Waals surface area contributed by atoms with E-state index in [0.717, 1.165) is 44.3 Å². The summed E-state index contributed by atoms with van der Waals surface area (Å²) < 4.78 is 0. The zero-order valence-corrected chi connectivity index (χ0v) is 13.2. The summed E-state index contributed by atoms with van der Waals surface area (Å²) in [4.78, 5) is 14.3. The molecule has 1 heterocycles. The van der Waals surface area contributed by atoms with Crippen LogP contribution in [-0.4, -0.2) is 37.5 Å². The van der Waals surface area contributed by atoms with Gasteiger partial charge in [-0.15, -0.1) is 0 Å². The number of hydrogen-bond donors (Lipinski definition) is 1. The van der Waals surface area contributed by atoms with Crippen LogP contribution in [0.5, 0.6) is 0 Å². The van der Waals surface area contributed by atoms with E-state index in [-0.39, 0.29) is 0 Å². The van der Waals surface area contributed by atoms with Crippen molar-refractivity contribution in [1.82, 2.24) is 10.2 Å². The largest absolute Gasteiger partial charge is 0.343 e. The molecule has 0 radical (unpaired) electrons. The predicted molar refractivity (Wildman–Crippen MR) is 83.7 cm³/mol. The van der Waals surface area contributed by atoms with Crippen LogP contribution >= 0.6 is 0 Å². The zero-order chi connectivity index (χ0) is 14.2. The molecule has 0 aromatic carbocycles. The van der Waals surface area contributed by atoms with Crippen molar-refractivity contribution < 1.29 is 4.79 Å². The lowest BCUT2D eigenvalue weighted by Gasteiger charge is -2.32. The Hall–Kier alpha value is -0.570. The first-order chi connectivity index (χ1) is 9.79. The van der Waals surface area contributed by atoms with Crippen molar-refractivity contribution in [3.8, 4) is 0 Å². The SMILES string of the molecule is CNCC1CCN(C(=O)CCCC2CCCCC2)CC1. The highest BCUT2D eigenvalue weighted by Crippen LogP contribution is 2.28. The Morgan fingerprint density at radius 3 is 2.40 bits per heavy atom. The first-order valence-electron chi connectivity index (χ1n) is 8.72. The minimum Gasteiger partial charge on any atom is -0.343 e. The van der Waals surface area contributed by atoms with Gasteiger partial charge < -0.3 is 10.2 Å². The second kappa shape index (κ2) is 8.66. The molecule has 0 bridgehead atoms. The number of piperidine rings is 1. The fraction of sp³-hybridized carbons (Fsp3) is 0.941. The molecule has 3 heteroatoms. The highest BCUT2D eigenvalue weighted by molar-refractivity contribution is 5.76. The van der Waals surface area contributed by atoms with Crippen molar-refractivity contribution in [3.05, 3.63) is 0 Å². The van der Waals surface area contributed by atoms with Crippen LogP contribution in [0.3, 0.4) is 0 Å². The summed E-state index contributed by atoms with van der Waals surface area (Å²) in [5, 5.41) is 3.25. The Kier molecular flexibility index (Phi) is 6.85. The number of nitrogens with zero attached hydrogens (tertiary/aromatic N) is 1. The molecule has 3 nitrogen and oxygen atoms in total. The van der Waals surface area contributed by atoms with E-state index >= 15 is 0 Å². The van der Waals surface area contributed by atoms with Gasteiger partial charge in [-0.25, -0.2) is 0 Å². The van der Waals surface area contributed by atoms with E-state index in [0.29, 0.717) is 5.91 Å². The van der Waals surface area contributed by atoms with E-state index in [4.69, 9.17) is 0 Å². The second-order valence-electron chi connectivity index (χ2n) is 6.78. The summed E-state index contributed by atoms with van der Waals surface area (Å²) in [6.07, 6.45) is 12.6. The van der Waals surface area contributed by atoms with Crippen LogP contribution in [0, 0.1) is 11.8 Å². The number of carbonyl (C=O) groups is 1. The van der Waals surface area contributed by atoms with Crippen LogP contribution in [0.2, 0.25) is 0 Å². The van der Waals surface area contributed by atoms with Crippen molar-refractivity contribution in [2.45, 2.75) is 64.2 Å². The maximum atomic E-state index is 12.2. The highest BCUT2D eigenvalue weighted by atomic mass is 16.2. The van der Waals surface area contributed by atoms with Gasteiger partial charge in [0.2, 0.25) is 5.91 Å². The Balaban J connectivity index is 1.58. The maximum Gasteiger partial charge on any atom is 0.222 e. The standard InChI is InChI=1S/C17H32N2O/c1-18-14-16-10-12-19(13-11-16)17(20)9-5-8-15-6-3-2-4-7-15/h15-16,18H,2-14H2,1H3. The van der Waals surface area contributed by atoms with Crippen LogP contribution in [0.4, 0.5) is 0 Å². The van der Waals surface area contributed by atoms with Crippen molar-refractivity contribution in [2.75, 3.05) is 26.7 Å². The van der Waals surface area contributed by atoms with Crippen LogP contribution in [0.1, 0.15) is 64.2 Å². The third kappa shape index (κ3) is 5.08. The maximum absolute atomic E-state index is 12.2. The van der Waals surface area contributed by atoms with Gasteiger partial charge >= 0.3 is 0 Å². The first kappa shape index (κ1) is 15.8. The molecule has 2 rings (SSSR count). The van der Waals surface area contributed by atoms with E-state index in [9.17, 15) is 4.79 Å². The molecule has 2 fully saturated rings. The molecular weight excluding hydrogens is 248 g/mol. The van der Waals surface area contributed by atoms with Gasteiger partial charge in [0.05, 0.1) is 0 Å². The molecule has 0 aromatic heterocycles. The molecule has 1 saturated heterocycles. The van der Waals surface area contributed by atoms with E-state index in [2.05, 4.69) is 10.2 Å². The van der Waals surface area contributed by atoms with Gasteiger partial charge in [0, 0.05) is 19.5 Å². The van der Waals surface area contributed by atoms with Gasteiger partial charge in [-0.2, -0.15) is 0 Å². The van der Waals surface area contributed by atoms with E-state index < -0.39 is 0 Å². The summed E-state index contributed by atoms with van der Waals surface area (Å²) in [7, 11) is 2.02. The van der Waals surface area contributed by atoms with Crippen LogP contribution in [0.15, 0.2) is 0 Å². The molecule has 0 aromatic rings. The summed E-state index contributed by atoms with van der Waals surface area (Å²) in [5.74, 6) is 2.09. The van der Waals surface area contributed by atoms with Gasteiger partial charge in [-0.3, -0.25) is 4.79 Å². The normalized spacial score (nSPS) is 22.1. The molecule has 1 saturated carbocycles. The fourth-order valence-electron chi connectivity index (χ4n) is 3.85. The Morgan fingerprint density at radius 2 is 1.75 bits per heavy atom. The van der Waals surface area contributed by atoms with E-state index in [1.54, 1.807) is 0 Å². The minimum atomic E-state index is 0.406. The highest BCUT2D eigenvalue weighted by Gasteiger charge is 2.22. The molecule has 0 spiro atoms. The lowest BCUT2D eigenvalue weighted by atomic mass is 9.86. The zero-order valence-electron chi connectivity index (χ0n) is 13.2. The monoisotopic (exact) mass is 280 g/mol. The van der Waals surface area contributed by atoms with Crippen molar-refractivity contribution in [3.63, 3.8) is 0 Å². The Labute approximate surface area is 124 Å². The lowest BCUT2D eigenvalue weighted by Crippen LogP contribution is -2.40. The van der Waals surface area contributed by atoms with Crippen LogP contribution in [-0.2, 0) is 4.79 Å². The van der Waals surface area contributed by atoms with Gasteiger partial charge in [-0.05, 0) is 51.1 Å². The molecule has 20 heavy (non-hydrogen) atoms. The third-order valence-corrected chi connectivity index (χ3v) is 5.19. The summed E-state index contributed by atoms with van der Waals surface area (Å²) in [5.41, 5.74) is 0. The predicted octanol–water partition coefficient (Wildman–Crippen LogP) is 3.20. The first-order valence-corrected chi connectivity index (χ1v) is 8.72. The van der Waals surface area contributed by atoms with Crippen molar-refractivity contribution in [2.24, 2.45) is 11.8 Å². The number of nitrogens with one attached hydrogen (secondary N) is 1. The molecule has 1 amide bonds. The average molecular weight is 280 g/mol. The van der Waals surface area contributed by atoms with Gasteiger partial charge in [0.25, 0.3) is 0 Å². The number of likely N-dealkylation sites (tertiary alicyclic amines) is 1. The molecule has 0 unspecified atom stereocenters. The summed E-state index contributed by atoms with van der Waals surface area (Å²) in [6.45, 7) is 3.06. The van der Waals surface area contributed by atoms with Crippen LogP contribution in [0.25, 0.3) is 0 Å². The van der Waals surface area contributed by atoms with Crippen molar-refractivity contribution in [1.29, 1.82) is 0 Å². The van der Waals surface area contributed by atoms with Gasteiger partial charge in [-0.1, -0.05) is 32.1 Å². The Morgan fingerprint density at radius 1 is 1.05 bits per heavy atom. The minimum absolute atomic E-state index is 0.406. The number of hydrogen-bond acceptors (Lipinski definition) is 2. The van der Waals surface area contributed by atoms with Gasteiger partial charge in [0.1, 0.15) is 0 Å². The molecule has 1 N–H and O–H groups in total. The number of rotatable bonds is 6. The Bertz CT molecular complexity index is 279. The fourth-order valence-corrected chi connectivity index (χ4v) is 3.85. The smallest absolute Gasteiger partial charge is 0.222 e. The molecule has 0 atom stereocenters. The summed E-state index contributed by atoms with van der Waals surface area (Å²) in [6, 6.07) is 0. The number of carbonyl (C=O) groups excluding carboxylic acids is 1. The molecule has 1 aliphatic carbocycles. The molecular formula is C17H32N2O. The molecule has 116 valence electrons. The second-order valence-corrected chi connectivity index (χ2v) is 6.78.